The van der Waals surface area contributed by atoms with E-state index in [0.717, 1.165) is 11.4 Å². The first kappa shape index (κ1) is 11.2. The van der Waals surface area contributed by atoms with Crippen LogP contribution in [0.4, 0.5) is 11.4 Å². The van der Waals surface area contributed by atoms with Crippen LogP contribution >= 0.6 is 0 Å². The van der Waals surface area contributed by atoms with Gasteiger partial charge in [-0.1, -0.05) is 30.3 Å². The lowest BCUT2D eigenvalue weighted by atomic mass is 10.1. The Bertz CT molecular complexity index is 531. The molecule has 84 valence electrons. The van der Waals surface area contributed by atoms with Gasteiger partial charge in [0.1, 0.15) is 0 Å². The highest BCUT2D eigenvalue weighted by molar-refractivity contribution is 5.60. The summed E-state index contributed by atoms with van der Waals surface area (Å²) in [5.41, 5.74) is 2.41. The molecule has 0 unspecified atom stereocenters. The van der Waals surface area contributed by atoms with Crippen molar-refractivity contribution in [2.24, 2.45) is 0 Å². The Morgan fingerprint density at radius 2 is 1.71 bits per heavy atom. The second-order valence-corrected chi connectivity index (χ2v) is 3.65. The second kappa shape index (κ2) is 5.15. The topological polar surface area (TPSA) is 56.0 Å². The zero-order chi connectivity index (χ0) is 12.1. The van der Waals surface area contributed by atoms with Crippen LogP contribution < -0.4 is 5.32 Å². The van der Waals surface area contributed by atoms with E-state index in [0.29, 0.717) is 5.56 Å². The van der Waals surface area contributed by atoms with Gasteiger partial charge >= 0.3 is 0 Å². The predicted octanol–water partition coefficient (Wildman–Crippen LogP) is 2.99. The largest absolute Gasteiger partial charge is 0.374 e. The van der Waals surface area contributed by atoms with E-state index >= 15 is 0 Å². The van der Waals surface area contributed by atoms with Crippen molar-refractivity contribution < 1.29 is 5.11 Å². The van der Waals surface area contributed by atoms with E-state index in [1.54, 1.807) is 24.3 Å². The summed E-state index contributed by atoms with van der Waals surface area (Å²) in [4.78, 5) is 0. The van der Waals surface area contributed by atoms with Gasteiger partial charge in [0.2, 0.25) is 0 Å². The molecular formula is C14H12N2O. The first-order valence-electron chi connectivity index (χ1n) is 5.29. The number of rotatable bonds is 3. The summed E-state index contributed by atoms with van der Waals surface area (Å²) >= 11 is 0. The first-order valence-corrected chi connectivity index (χ1v) is 5.29. The number of nitrogens with zero attached hydrogens (tertiary/aromatic N) is 1. The zero-order valence-electron chi connectivity index (χ0n) is 9.17. The van der Waals surface area contributed by atoms with Crippen molar-refractivity contribution in [3.8, 4) is 6.07 Å². The molecule has 0 fully saturated rings. The molecule has 2 rings (SSSR count). The molecule has 0 spiro atoms. The fourth-order valence-corrected chi connectivity index (χ4v) is 1.55. The van der Waals surface area contributed by atoms with E-state index in [9.17, 15) is 5.11 Å². The van der Waals surface area contributed by atoms with Gasteiger partial charge in [-0.3, -0.25) is 0 Å². The quantitative estimate of drug-likeness (QED) is 0.788. The molecule has 2 aromatic rings. The van der Waals surface area contributed by atoms with Gasteiger partial charge in [0.05, 0.1) is 6.07 Å². The third-order valence-corrected chi connectivity index (χ3v) is 2.39. The van der Waals surface area contributed by atoms with Crippen LogP contribution in [-0.2, 0) is 0 Å². The Kier molecular flexibility index (Phi) is 3.39. The number of nitrogens with one attached hydrogen (secondary N) is 1. The van der Waals surface area contributed by atoms with Gasteiger partial charge in [-0.25, -0.2) is 0 Å². The summed E-state index contributed by atoms with van der Waals surface area (Å²) < 4.78 is 0. The van der Waals surface area contributed by atoms with Crippen molar-refractivity contribution in [3.05, 3.63) is 60.2 Å². The van der Waals surface area contributed by atoms with E-state index < -0.39 is 6.10 Å². The monoisotopic (exact) mass is 224 g/mol. The fraction of sp³-hybridized carbons (Fsp3) is 0.0714. The highest BCUT2D eigenvalue weighted by Gasteiger charge is 2.05. The Hall–Kier alpha value is -2.31. The third kappa shape index (κ3) is 2.83. The number of nitriles is 1. The fourth-order valence-electron chi connectivity index (χ4n) is 1.55. The average molecular weight is 224 g/mol. The Morgan fingerprint density at radius 1 is 1.00 bits per heavy atom. The van der Waals surface area contributed by atoms with Crippen molar-refractivity contribution in [1.82, 2.24) is 0 Å². The van der Waals surface area contributed by atoms with Gasteiger partial charge in [-0.15, -0.1) is 0 Å². The minimum absolute atomic E-state index is 0.591. The number of benzene rings is 2. The van der Waals surface area contributed by atoms with Crippen LogP contribution in [0.5, 0.6) is 0 Å². The molecule has 0 aliphatic carbocycles. The van der Waals surface area contributed by atoms with Gasteiger partial charge in [-0.05, 0) is 29.8 Å². The van der Waals surface area contributed by atoms with Gasteiger partial charge in [-0.2, -0.15) is 5.26 Å². The summed E-state index contributed by atoms with van der Waals surface area (Å²) in [6.45, 7) is 0. The SMILES string of the molecule is N#C[C@@H](O)c1cccc(Nc2ccccc2)c1. The summed E-state index contributed by atoms with van der Waals surface area (Å²) in [6, 6.07) is 18.7. The van der Waals surface area contributed by atoms with E-state index in [1.165, 1.54) is 0 Å². The molecule has 0 amide bonds. The van der Waals surface area contributed by atoms with E-state index in [4.69, 9.17) is 5.26 Å². The van der Waals surface area contributed by atoms with Crippen LogP contribution in [0.2, 0.25) is 0 Å². The molecule has 0 aliphatic heterocycles. The van der Waals surface area contributed by atoms with Gasteiger partial charge < -0.3 is 10.4 Å². The smallest absolute Gasteiger partial charge is 0.165 e. The van der Waals surface area contributed by atoms with Crippen LogP contribution in [0.25, 0.3) is 0 Å². The number of aliphatic hydroxyl groups is 1. The van der Waals surface area contributed by atoms with Crippen LogP contribution in [0.15, 0.2) is 54.6 Å². The summed E-state index contributed by atoms with van der Waals surface area (Å²) in [5, 5.41) is 21.3. The average Bonchev–Trinajstić information content (AvgIpc) is 2.39. The predicted molar refractivity (Wildman–Crippen MR) is 66.7 cm³/mol. The maximum Gasteiger partial charge on any atom is 0.165 e. The van der Waals surface area contributed by atoms with Gasteiger partial charge in [0.15, 0.2) is 6.10 Å². The molecule has 0 radical (unpaired) electrons. The van der Waals surface area contributed by atoms with E-state index in [-0.39, 0.29) is 0 Å². The highest BCUT2D eigenvalue weighted by Crippen LogP contribution is 2.20. The molecule has 0 aromatic heterocycles. The van der Waals surface area contributed by atoms with Crippen molar-refractivity contribution in [2.75, 3.05) is 5.32 Å². The van der Waals surface area contributed by atoms with Crippen molar-refractivity contribution in [1.29, 1.82) is 5.26 Å². The van der Waals surface area contributed by atoms with Crippen LogP contribution in [0.3, 0.4) is 0 Å². The standard InChI is InChI=1S/C14H12N2O/c15-10-14(17)11-5-4-8-13(9-11)16-12-6-2-1-3-7-12/h1-9,14,16-17H/t14-/m1/s1. The summed E-state index contributed by atoms with van der Waals surface area (Å²) in [5.74, 6) is 0. The molecule has 0 aliphatic rings. The van der Waals surface area contributed by atoms with Crippen LogP contribution in [-0.4, -0.2) is 5.11 Å². The number of hydrogen-bond acceptors (Lipinski definition) is 3. The van der Waals surface area contributed by atoms with E-state index in [1.807, 2.05) is 36.4 Å². The molecule has 3 nitrogen and oxygen atoms in total. The molecule has 0 bridgehead atoms. The number of aliphatic hydroxyl groups excluding tert-OH is 1. The third-order valence-electron chi connectivity index (χ3n) is 2.39. The Balaban J connectivity index is 2.20. The molecule has 2 aromatic carbocycles. The highest BCUT2D eigenvalue weighted by atomic mass is 16.3. The minimum atomic E-state index is -1.08. The van der Waals surface area contributed by atoms with Crippen LogP contribution in [0.1, 0.15) is 11.7 Å². The summed E-state index contributed by atoms with van der Waals surface area (Å²) in [7, 11) is 0. The van der Waals surface area contributed by atoms with E-state index in [2.05, 4.69) is 5.32 Å². The Labute approximate surface area is 100.0 Å². The summed E-state index contributed by atoms with van der Waals surface area (Å²) in [6.07, 6.45) is -1.08. The first-order chi connectivity index (χ1) is 8.29. The minimum Gasteiger partial charge on any atom is -0.374 e. The molecule has 2 N–H and O–H groups in total. The zero-order valence-corrected chi connectivity index (χ0v) is 9.17. The second-order valence-electron chi connectivity index (χ2n) is 3.65. The van der Waals surface area contributed by atoms with Crippen molar-refractivity contribution in [3.63, 3.8) is 0 Å². The molecule has 1 atom stereocenters. The van der Waals surface area contributed by atoms with Crippen molar-refractivity contribution >= 4 is 11.4 Å². The number of hydrogen-bond donors (Lipinski definition) is 2. The molecule has 3 heteroatoms. The molecular weight excluding hydrogens is 212 g/mol. The molecule has 0 heterocycles. The lowest BCUT2D eigenvalue weighted by Gasteiger charge is -2.08. The van der Waals surface area contributed by atoms with Crippen molar-refractivity contribution in [2.45, 2.75) is 6.10 Å². The number of para-hydroxylation sites is 1. The lowest BCUT2D eigenvalue weighted by molar-refractivity contribution is 0.236. The Morgan fingerprint density at radius 3 is 2.41 bits per heavy atom. The number of anilines is 2. The normalized spacial score (nSPS) is 11.5. The maximum absolute atomic E-state index is 9.43. The lowest BCUT2D eigenvalue weighted by Crippen LogP contribution is -1.95. The molecule has 0 saturated heterocycles. The van der Waals surface area contributed by atoms with Crippen LogP contribution in [0, 0.1) is 11.3 Å². The van der Waals surface area contributed by atoms with Gasteiger partial charge in [0.25, 0.3) is 0 Å². The molecule has 17 heavy (non-hydrogen) atoms. The maximum atomic E-state index is 9.43. The molecule has 0 saturated carbocycles. The van der Waals surface area contributed by atoms with Gasteiger partial charge in [0, 0.05) is 11.4 Å².